The minimum atomic E-state index is -4.06. The van der Waals surface area contributed by atoms with Gasteiger partial charge in [-0.3, -0.25) is 0 Å². The van der Waals surface area contributed by atoms with Crippen molar-refractivity contribution in [3.05, 3.63) is 0 Å². The van der Waals surface area contributed by atoms with E-state index in [4.69, 9.17) is 0 Å². The summed E-state index contributed by atoms with van der Waals surface area (Å²) in [6.45, 7) is 7.05. The lowest BCUT2D eigenvalue weighted by molar-refractivity contribution is -0.144. The van der Waals surface area contributed by atoms with Gasteiger partial charge in [-0.2, -0.15) is 13.2 Å². The van der Waals surface area contributed by atoms with E-state index >= 15 is 0 Å². The highest BCUT2D eigenvalue weighted by atomic mass is 19.4. The third-order valence-electron chi connectivity index (χ3n) is 4.32. The zero-order valence-corrected chi connectivity index (χ0v) is 11.7. The lowest BCUT2D eigenvalue weighted by Crippen LogP contribution is -2.42. The van der Waals surface area contributed by atoms with Gasteiger partial charge < -0.3 is 5.32 Å². The van der Waals surface area contributed by atoms with Crippen molar-refractivity contribution in [1.82, 2.24) is 5.32 Å². The molecule has 0 saturated heterocycles. The molecule has 0 amide bonds. The van der Waals surface area contributed by atoms with Gasteiger partial charge in [0.05, 0.1) is 6.42 Å². The second kappa shape index (κ2) is 6.78. The number of alkyl halides is 3. The van der Waals surface area contributed by atoms with Crippen molar-refractivity contribution in [2.45, 2.75) is 65.1 Å². The van der Waals surface area contributed by atoms with Crippen LogP contribution in [-0.2, 0) is 0 Å². The van der Waals surface area contributed by atoms with Gasteiger partial charge in [0.1, 0.15) is 0 Å². The Morgan fingerprint density at radius 3 is 2.33 bits per heavy atom. The van der Waals surface area contributed by atoms with E-state index in [0.717, 1.165) is 25.7 Å². The fourth-order valence-corrected chi connectivity index (χ4v) is 2.94. The van der Waals surface area contributed by atoms with Crippen molar-refractivity contribution in [2.75, 3.05) is 6.54 Å². The molecule has 0 radical (unpaired) electrons. The van der Waals surface area contributed by atoms with Gasteiger partial charge in [-0.15, -0.1) is 0 Å². The maximum Gasteiger partial charge on any atom is 0.390 e. The molecule has 0 spiro atoms. The minimum Gasteiger partial charge on any atom is -0.313 e. The third-order valence-corrected chi connectivity index (χ3v) is 4.32. The Bertz CT molecular complexity index is 240. The molecular formula is C14H26F3N. The first kappa shape index (κ1) is 15.8. The molecule has 108 valence electrons. The Balaban J connectivity index is 2.58. The maximum atomic E-state index is 12.6. The van der Waals surface area contributed by atoms with E-state index < -0.39 is 12.6 Å². The number of rotatable bonds is 5. The Hall–Kier alpha value is -0.250. The van der Waals surface area contributed by atoms with Crippen molar-refractivity contribution in [3.8, 4) is 0 Å². The smallest absolute Gasteiger partial charge is 0.313 e. The van der Waals surface area contributed by atoms with Crippen molar-refractivity contribution in [3.63, 3.8) is 0 Å². The quantitative estimate of drug-likeness (QED) is 0.778. The first-order valence-electron chi connectivity index (χ1n) is 7.13. The fraction of sp³-hybridized carbons (Fsp3) is 1.00. The van der Waals surface area contributed by atoms with E-state index in [-0.39, 0.29) is 12.0 Å². The van der Waals surface area contributed by atoms with Crippen LogP contribution in [0.15, 0.2) is 0 Å². The summed E-state index contributed by atoms with van der Waals surface area (Å²) in [5.41, 5.74) is 0. The van der Waals surface area contributed by atoms with E-state index in [9.17, 15) is 13.2 Å². The van der Waals surface area contributed by atoms with Gasteiger partial charge >= 0.3 is 6.18 Å². The van der Waals surface area contributed by atoms with E-state index in [2.05, 4.69) is 19.2 Å². The van der Waals surface area contributed by atoms with E-state index in [1.54, 1.807) is 0 Å². The molecule has 1 aliphatic rings. The van der Waals surface area contributed by atoms with Crippen LogP contribution in [0.5, 0.6) is 0 Å². The highest BCUT2D eigenvalue weighted by molar-refractivity contribution is 4.85. The van der Waals surface area contributed by atoms with Gasteiger partial charge in [0.2, 0.25) is 0 Å². The lowest BCUT2D eigenvalue weighted by Gasteiger charge is -2.37. The van der Waals surface area contributed by atoms with Crippen LogP contribution in [0.3, 0.4) is 0 Å². The molecule has 1 saturated carbocycles. The first-order valence-corrected chi connectivity index (χ1v) is 7.13. The highest BCUT2D eigenvalue weighted by Gasteiger charge is 2.37. The van der Waals surface area contributed by atoms with Crippen LogP contribution in [0.1, 0.15) is 52.9 Å². The molecule has 1 nitrogen and oxygen atoms in total. The SMILES string of the molecule is CCCNC(CC(F)(F)F)C1CCC(C)C(C)C1. The number of hydrogen-bond donors (Lipinski definition) is 1. The van der Waals surface area contributed by atoms with E-state index in [1.165, 1.54) is 0 Å². The molecule has 4 heteroatoms. The van der Waals surface area contributed by atoms with Crippen LogP contribution in [0.25, 0.3) is 0 Å². The molecule has 0 aliphatic heterocycles. The molecule has 0 aromatic rings. The van der Waals surface area contributed by atoms with Gasteiger partial charge in [0, 0.05) is 6.04 Å². The first-order chi connectivity index (χ1) is 8.33. The topological polar surface area (TPSA) is 12.0 Å². The summed E-state index contributed by atoms with van der Waals surface area (Å²) in [5.74, 6) is 1.38. The van der Waals surface area contributed by atoms with Crippen LogP contribution in [0, 0.1) is 17.8 Å². The minimum absolute atomic E-state index is 0.185. The van der Waals surface area contributed by atoms with Crippen LogP contribution >= 0.6 is 0 Å². The largest absolute Gasteiger partial charge is 0.390 e. The molecule has 18 heavy (non-hydrogen) atoms. The molecule has 1 aliphatic carbocycles. The molecule has 0 heterocycles. The van der Waals surface area contributed by atoms with Gasteiger partial charge in [-0.1, -0.05) is 27.2 Å². The lowest BCUT2D eigenvalue weighted by atomic mass is 9.72. The van der Waals surface area contributed by atoms with Gasteiger partial charge in [0.25, 0.3) is 0 Å². The van der Waals surface area contributed by atoms with Gasteiger partial charge in [0.15, 0.2) is 0 Å². The molecule has 1 rings (SSSR count). The average molecular weight is 265 g/mol. The predicted octanol–water partition coefficient (Wildman–Crippen LogP) is 4.38. The van der Waals surface area contributed by atoms with Gasteiger partial charge in [-0.05, 0) is 43.6 Å². The monoisotopic (exact) mass is 265 g/mol. The van der Waals surface area contributed by atoms with Gasteiger partial charge in [-0.25, -0.2) is 0 Å². The summed E-state index contributed by atoms with van der Waals surface area (Å²) < 4.78 is 37.9. The Morgan fingerprint density at radius 2 is 1.83 bits per heavy atom. The van der Waals surface area contributed by atoms with Crippen LogP contribution in [0.2, 0.25) is 0 Å². The van der Waals surface area contributed by atoms with Crippen LogP contribution < -0.4 is 5.32 Å². The van der Waals surface area contributed by atoms with Crippen LogP contribution in [0.4, 0.5) is 13.2 Å². The fourth-order valence-electron chi connectivity index (χ4n) is 2.94. The molecule has 1 N–H and O–H groups in total. The van der Waals surface area contributed by atoms with E-state index in [1.807, 2.05) is 6.92 Å². The third kappa shape index (κ3) is 5.17. The summed E-state index contributed by atoms with van der Waals surface area (Å²) >= 11 is 0. The van der Waals surface area contributed by atoms with Crippen molar-refractivity contribution >= 4 is 0 Å². The molecule has 0 aromatic heterocycles. The summed E-state index contributed by atoms with van der Waals surface area (Å²) in [5, 5.41) is 3.11. The number of hydrogen-bond acceptors (Lipinski definition) is 1. The summed E-state index contributed by atoms with van der Waals surface area (Å²) in [7, 11) is 0. The molecule has 0 aromatic carbocycles. The molecule has 1 fully saturated rings. The zero-order valence-electron chi connectivity index (χ0n) is 11.7. The van der Waals surface area contributed by atoms with E-state index in [0.29, 0.717) is 18.4 Å². The average Bonchev–Trinajstić information content (AvgIpc) is 2.26. The second-order valence-corrected chi connectivity index (χ2v) is 5.91. The summed E-state index contributed by atoms with van der Waals surface area (Å²) in [4.78, 5) is 0. The molecule has 0 bridgehead atoms. The maximum absolute atomic E-state index is 12.6. The summed E-state index contributed by atoms with van der Waals surface area (Å²) in [6.07, 6.45) is -0.931. The highest BCUT2D eigenvalue weighted by Crippen LogP contribution is 2.37. The Labute approximate surface area is 109 Å². The number of halogens is 3. The molecular weight excluding hydrogens is 239 g/mol. The standard InChI is InChI=1S/C14H26F3N/c1-4-7-18-13(9-14(15,16)17)12-6-5-10(2)11(3)8-12/h10-13,18H,4-9H2,1-3H3. The zero-order chi connectivity index (χ0) is 13.8. The van der Waals surface area contributed by atoms with Crippen LogP contribution in [-0.4, -0.2) is 18.8 Å². The molecule has 4 atom stereocenters. The Kier molecular flexibility index (Phi) is 5.96. The van der Waals surface area contributed by atoms with Crippen molar-refractivity contribution in [1.29, 1.82) is 0 Å². The van der Waals surface area contributed by atoms with Crippen molar-refractivity contribution in [2.24, 2.45) is 17.8 Å². The van der Waals surface area contributed by atoms with Crippen molar-refractivity contribution < 1.29 is 13.2 Å². The Morgan fingerprint density at radius 1 is 1.17 bits per heavy atom. The predicted molar refractivity (Wildman–Crippen MR) is 68.4 cm³/mol. The number of nitrogens with one attached hydrogen (secondary N) is 1. The summed E-state index contributed by atoms with van der Waals surface area (Å²) in [6, 6.07) is -0.389. The normalized spacial score (nSPS) is 31.3. The second-order valence-electron chi connectivity index (χ2n) is 5.91. The molecule has 4 unspecified atom stereocenters.